The fraction of sp³-hybridized carbons (Fsp3) is 0.333. The Kier molecular flexibility index (Phi) is 10.6. The number of likely N-dealkylation sites (N-methyl/N-ethyl adjacent to an activating group) is 2. The van der Waals surface area contributed by atoms with Crippen LogP contribution in [0.25, 0.3) is 0 Å². The van der Waals surface area contributed by atoms with E-state index < -0.39 is 24.4 Å². The van der Waals surface area contributed by atoms with Crippen LogP contribution in [0.4, 0.5) is 0 Å². The maximum absolute atomic E-state index is 12.2. The summed E-state index contributed by atoms with van der Waals surface area (Å²) in [4.78, 5) is 28.0. The first-order valence-electron chi connectivity index (χ1n) is 10.4. The molecule has 172 valence electrons. The average molecular weight is 441 g/mol. The molecule has 2 aromatic carbocycles. The van der Waals surface area contributed by atoms with Gasteiger partial charge in [-0.15, -0.1) is 0 Å². The molecule has 0 aliphatic heterocycles. The highest BCUT2D eigenvalue weighted by atomic mass is 16.6. The third-order valence-corrected chi connectivity index (χ3v) is 4.80. The third kappa shape index (κ3) is 8.60. The normalized spacial score (nSPS) is 13.3. The van der Waals surface area contributed by atoms with Crippen LogP contribution in [0, 0.1) is 0 Å². The summed E-state index contributed by atoms with van der Waals surface area (Å²) in [7, 11) is 3.62. The van der Waals surface area contributed by atoms with Crippen molar-refractivity contribution in [1.82, 2.24) is 9.80 Å². The first kappa shape index (κ1) is 25.2. The lowest BCUT2D eigenvalue weighted by molar-refractivity contribution is -0.154. The summed E-state index contributed by atoms with van der Waals surface area (Å²) < 4.78 is 10.7. The van der Waals surface area contributed by atoms with E-state index >= 15 is 0 Å². The van der Waals surface area contributed by atoms with Gasteiger partial charge < -0.3 is 20.9 Å². The van der Waals surface area contributed by atoms with E-state index in [0.29, 0.717) is 13.1 Å². The summed E-state index contributed by atoms with van der Waals surface area (Å²) in [6.45, 7) is 1.36. The molecule has 0 radical (unpaired) electrons. The van der Waals surface area contributed by atoms with Gasteiger partial charge in [0.15, 0.2) is 12.5 Å². The van der Waals surface area contributed by atoms with Crippen LogP contribution in [-0.2, 0) is 32.2 Å². The second kappa shape index (κ2) is 13.4. The van der Waals surface area contributed by atoms with Crippen LogP contribution >= 0.6 is 0 Å². The molecule has 0 bridgehead atoms. The van der Waals surface area contributed by atoms with Crippen molar-refractivity contribution in [3.8, 4) is 0 Å². The minimum Gasteiger partial charge on any atom is -0.442 e. The number of esters is 2. The van der Waals surface area contributed by atoms with E-state index in [-0.39, 0.29) is 13.1 Å². The van der Waals surface area contributed by atoms with Gasteiger partial charge in [-0.2, -0.15) is 0 Å². The van der Waals surface area contributed by atoms with Crippen molar-refractivity contribution in [2.45, 2.75) is 25.5 Å². The zero-order valence-corrected chi connectivity index (χ0v) is 18.6. The molecule has 4 N–H and O–H groups in total. The van der Waals surface area contributed by atoms with Gasteiger partial charge in [-0.3, -0.25) is 9.80 Å². The highest BCUT2D eigenvalue weighted by molar-refractivity contribution is 5.91. The predicted molar refractivity (Wildman–Crippen MR) is 123 cm³/mol. The molecule has 2 unspecified atom stereocenters. The van der Waals surface area contributed by atoms with E-state index in [2.05, 4.69) is 0 Å². The Labute approximate surface area is 189 Å². The number of nitrogens with zero attached hydrogens (tertiary/aromatic N) is 2. The highest BCUT2D eigenvalue weighted by Crippen LogP contribution is 2.09. The number of ether oxygens (including phenoxy) is 2. The van der Waals surface area contributed by atoms with Crippen LogP contribution in [-0.4, -0.2) is 61.4 Å². The van der Waals surface area contributed by atoms with Gasteiger partial charge in [0.1, 0.15) is 0 Å². The predicted octanol–water partition coefficient (Wildman–Crippen LogP) is 1.46. The van der Waals surface area contributed by atoms with E-state index in [1.807, 2.05) is 84.6 Å². The molecule has 0 heterocycles. The van der Waals surface area contributed by atoms with Crippen molar-refractivity contribution in [2.75, 3.05) is 27.2 Å². The molecule has 32 heavy (non-hydrogen) atoms. The van der Waals surface area contributed by atoms with Crippen molar-refractivity contribution < 1.29 is 19.1 Å². The standard InChI is InChI=1S/C24H32N4O4/c1-27(17-19-9-5-3-6-10-19)21(15-25)31-23(29)13-14-24(30)32-22(16-26)28(2)18-20-11-7-4-8-12-20/h3-14,21-22H,15-18,25-26H2,1-2H3/b14-13-. The van der Waals surface area contributed by atoms with Gasteiger partial charge in [0.05, 0.1) is 0 Å². The van der Waals surface area contributed by atoms with Crippen molar-refractivity contribution in [3.05, 3.63) is 83.9 Å². The Morgan fingerprint density at radius 3 is 1.41 bits per heavy atom. The summed E-state index contributed by atoms with van der Waals surface area (Å²) in [5, 5.41) is 0. The lowest BCUT2D eigenvalue weighted by atomic mass is 10.2. The molecule has 8 nitrogen and oxygen atoms in total. The van der Waals surface area contributed by atoms with Gasteiger partial charge in [-0.1, -0.05) is 60.7 Å². The van der Waals surface area contributed by atoms with Crippen LogP contribution in [0.1, 0.15) is 11.1 Å². The van der Waals surface area contributed by atoms with E-state index in [0.717, 1.165) is 23.3 Å². The summed E-state index contributed by atoms with van der Waals surface area (Å²) in [5.74, 6) is -1.36. The fourth-order valence-electron chi connectivity index (χ4n) is 3.07. The van der Waals surface area contributed by atoms with E-state index in [1.54, 1.807) is 0 Å². The maximum Gasteiger partial charge on any atom is 0.332 e. The van der Waals surface area contributed by atoms with Crippen molar-refractivity contribution in [3.63, 3.8) is 0 Å². The van der Waals surface area contributed by atoms with E-state index in [9.17, 15) is 9.59 Å². The average Bonchev–Trinajstić information content (AvgIpc) is 2.80. The number of nitrogens with two attached hydrogens (primary N) is 2. The van der Waals surface area contributed by atoms with Gasteiger partial charge in [0.25, 0.3) is 0 Å². The second-order valence-corrected chi connectivity index (χ2v) is 7.39. The number of rotatable bonds is 12. The summed E-state index contributed by atoms with van der Waals surface area (Å²) in [5.41, 5.74) is 13.6. The lowest BCUT2D eigenvalue weighted by Gasteiger charge is -2.26. The second-order valence-electron chi connectivity index (χ2n) is 7.39. The Balaban J connectivity index is 1.84. The third-order valence-electron chi connectivity index (χ3n) is 4.80. The molecule has 0 aromatic heterocycles. The number of carbonyl (C=O) groups excluding carboxylic acids is 2. The smallest absolute Gasteiger partial charge is 0.332 e. The molecule has 0 fully saturated rings. The summed E-state index contributed by atoms with van der Waals surface area (Å²) in [6, 6.07) is 19.5. The van der Waals surface area contributed by atoms with Crippen molar-refractivity contribution in [2.24, 2.45) is 11.5 Å². The fourth-order valence-corrected chi connectivity index (χ4v) is 3.07. The molecule has 2 rings (SSSR count). The molecule has 2 aromatic rings. The van der Waals surface area contributed by atoms with Crippen LogP contribution < -0.4 is 11.5 Å². The van der Waals surface area contributed by atoms with Crippen LogP contribution in [0.2, 0.25) is 0 Å². The Morgan fingerprint density at radius 2 is 1.09 bits per heavy atom. The van der Waals surface area contributed by atoms with Crippen molar-refractivity contribution >= 4 is 11.9 Å². The van der Waals surface area contributed by atoms with Crippen molar-refractivity contribution in [1.29, 1.82) is 0 Å². The largest absolute Gasteiger partial charge is 0.442 e. The zero-order valence-electron chi connectivity index (χ0n) is 18.6. The Hall–Kier alpha value is -3.04. The van der Waals surface area contributed by atoms with E-state index in [1.165, 1.54) is 0 Å². The molecule has 0 saturated heterocycles. The molecule has 8 heteroatoms. The van der Waals surface area contributed by atoms with Gasteiger partial charge in [0, 0.05) is 38.3 Å². The van der Waals surface area contributed by atoms with Gasteiger partial charge >= 0.3 is 11.9 Å². The Morgan fingerprint density at radius 1 is 0.750 bits per heavy atom. The van der Waals surface area contributed by atoms with Gasteiger partial charge in [-0.05, 0) is 25.2 Å². The molecule has 2 atom stereocenters. The first-order valence-corrected chi connectivity index (χ1v) is 10.4. The minimum absolute atomic E-state index is 0.118. The first-order chi connectivity index (χ1) is 15.4. The highest BCUT2D eigenvalue weighted by Gasteiger charge is 2.19. The molecule has 0 saturated carbocycles. The van der Waals surface area contributed by atoms with Crippen LogP contribution in [0.5, 0.6) is 0 Å². The lowest BCUT2D eigenvalue weighted by Crippen LogP contribution is -2.41. The summed E-state index contributed by atoms with van der Waals surface area (Å²) >= 11 is 0. The topological polar surface area (TPSA) is 111 Å². The van der Waals surface area contributed by atoms with E-state index in [4.69, 9.17) is 20.9 Å². The summed E-state index contributed by atoms with van der Waals surface area (Å²) in [6.07, 6.45) is 0.812. The van der Waals surface area contributed by atoms with Gasteiger partial charge in [-0.25, -0.2) is 9.59 Å². The van der Waals surface area contributed by atoms with Crippen LogP contribution in [0.15, 0.2) is 72.8 Å². The van der Waals surface area contributed by atoms with Crippen LogP contribution in [0.3, 0.4) is 0 Å². The molecule has 0 spiro atoms. The Bertz CT molecular complexity index is 789. The molecular formula is C24H32N4O4. The molecular weight excluding hydrogens is 408 g/mol. The monoisotopic (exact) mass is 440 g/mol. The number of hydrogen-bond donors (Lipinski definition) is 2. The number of hydrogen-bond acceptors (Lipinski definition) is 8. The number of carbonyl (C=O) groups is 2. The van der Waals surface area contributed by atoms with Gasteiger partial charge in [0.2, 0.25) is 0 Å². The SMILES string of the molecule is CN(Cc1ccccc1)C(CN)OC(=O)/C=C\C(=O)OC(CN)N(C)Cc1ccccc1. The molecule has 0 aliphatic rings. The zero-order chi connectivity index (χ0) is 23.3. The number of benzene rings is 2. The minimum atomic E-state index is -0.681. The molecule has 0 aliphatic carbocycles. The molecule has 0 amide bonds. The maximum atomic E-state index is 12.2. The quantitative estimate of drug-likeness (QED) is 0.290.